The Morgan fingerprint density at radius 1 is 1.10 bits per heavy atom. The minimum atomic E-state index is -4.75. The van der Waals surface area contributed by atoms with Crippen molar-refractivity contribution in [3.63, 3.8) is 0 Å². The molecule has 8 nitrogen and oxygen atoms in total. The van der Waals surface area contributed by atoms with Crippen molar-refractivity contribution < 1.29 is 22.7 Å². The number of halogens is 3. The number of hydrogen-bond acceptors (Lipinski definition) is 5. The second-order valence-corrected chi connectivity index (χ2v) is 11.1. The van der Waals surface area contributed by atoms with E-state index in [1.54, 1.807) is 11.8 Å². The normalized spacial score (nSPS) is 14.5. The zero-order valence-electron chi connectivity index (χ0n) is 23.2. The number of alkyl halides is 3. The van der Waals surface area contributed by atoms with Crippen LogP contribution in [0.4, 0.5) is 23.7 Å². The number of anilines is 1. The molecule has 0 unspecified atom stereocenters. The lowest BCUT2D eigenvalue weighted by molar-refractivity contribution is -0.274. The fourth-order valence-corrected chi connectivity index (χ4v) is 5.44. The maximum Gasteiger partial charge on any atom is 0.573 e. The number of thioether (sulfide) groups is 1. The van der Waals surface area contributed by atoms with Gasteiger partial charge in [-0.25, -0.2) is 14.5 Å². The summed E-state index contributed by atoms with van der Waals surface area (Å²) in [6.45, 7) is 7.48. The molecule has 12 heteroatoms. The standard InChI is InChI=1S/C30H29F3N6O2S/c1-19(2)25-13-4-20(3)16-26(25)38-14-15-42-29(38)36-28(40)34-17-21-5-7-22(8-6-21)27-35-18-39(37-27)23-9-11-24(12-10-23)41-30(31,32)33/h4-13,16,18-19H,14-15,17H2,1-3H3,(H,34,40). The van der Waals surface area contributed by atoms with Crippen LogP contribution in [-0.2, 0) is 6.54 Å². The van der Waals surface area contributed by atoms with Crippen molar-refractivity contribution in [2.24, 2.45) is 4.99 Å². The van der Waals surface area contributed by atoms with E-state index in [0.29, 0.717) is 29.1 Å². The van der Waals surface area contributed by atoms with Crippen LogP contribution in [0, 0.1) is 6.92 Å². The van der Waals surface area contributed by atoms with Gasteiger partial charge in [0, 0.05) is 30.1 Å². The first kappa shape index (κ1) is 29.2. The zero-order valence-corrected chi connectivity index (χ0v) is 24.0. The predicted molar refractivity (Wildman–Crippen MR) is 158 cm³/mol. The first-order chi connectivity index (χ1) is 20.1. The van der Waals surface area contributed by atoms with Gasteiger partial charge in [0.15, 0.2) is 11.0 Å². The third-order valence-corrected chi connectivity index (χ3v) is 7.51. The molecule has 42 heavy (non-hydrogen) atoms. The van der Waals surface area contributed by atoms with E-state index < -0.39 is 12.4 Å². The van der Waals surface area contributed by atoms with Gasteiger partial charge in [0.05, 0.1) is 5.69 Å². The molecule has 1 aliphatic heterocycles. The van der Waals surface area contributed by atoms with Gasteiger partial charge in [-0.1, -0.05) is 62.0 Å². The molecule has 0 aliphatic carbocycles. The molecule has 218 valence electrons. The van der Waals surface area contributed by atoms with E-state index >= 15 is 0 Å². The maximum atomic E-state index is 12.7. The second kappa shape index (κ2) is 12.3. The number of aliphatic imine (C=N–C) groups is 1. The lowest BCUT2D eigenvalue weighted by atomic mass is 9.99. The molecule has 0 atom stereocenters. The van der Waals surface area contributed by atoms with Crippen LogP contribution in [0.15, 0.2) is 78.0 Å². The number of aromatic nitrogens is 3. The number of urea groups is 1. The van der Waals surface area contributed by atoms with Crippen molar-refractivity contribution in [3.8, 4) is 22.8 Å². The Kier molecular flexibility index (Phi) is 8.53. The molecular weight excluding hydrogens is 565 g/mol. The number of amides is 2. The average Bonchev–Trinajstić information content (AvgIpc) is 3.62. The van der Waals surface area contributed by atoms with Gasteiger partial charge in [0.1, 0.15) is 12.1 Å². The van der Waals surface area contributed by atoms with Gasteiger partial charge >= 0.3 is 12.4 Å². The summed E-state index contributed by atoms with van der Waals surface area (Å²) in [5.74, 6) is 1.34. The lowest BCUT2D eigenvalue weighted by Gasteiger charge is -2.23. The number of carbonyl (C=O) groups is 1. The third kappa shape index (κ3) is 7.11. The van der Waals surface area contributed by atoms with E-state index in [9.17, 15) is 18.0 Å². The van der Waals surface area contributed by atoms with Crippen LogP contribution >= 0.6 is 11.8 Å². The molecule has 0 saturated carbocycles. The van der Waals surface area contributed by atoms with E-state index in [-0.39, 0.29) is 5.75 Å². The zero-order chi connectivity index (χ0) is 29.9. The number of hydrogen-bond donors (Lipinski definition) is 1. The molecule has 1 fully saturated rings. The van der Waals surface area contributed by atoms with Gasteiger partial charge in [0.25, 0.3) is 0 Å². The van der Waals surface area contributed by atoms with Crippen LogP contribution < -0.4 is 15.0 Å². The lowest BCUT2D eigenvalue weighted by Crippen LogP contribution is -2.28. The second-order valence-electron chi connectivity index (χ2n) is 10.0. The highest BCUT2D eigenvalue weighted by Gasteiger charge is 2.31. The SMILES string of the molecule is Cc1ccc(C(C)C)c(N2CCSC2=NC(=O)NCc2ccc(-c3ncn(-c4ccc(OC(F)(F)F)cc4)n3)cc2)c1. The molecule has 1 aromatic heterocycles. The summed E-state index contributed by atoms with van der Waals surface area (Å²) >= 11 is 1.57. The van der Waals surface area contributed by atoms with E-state index in [2.05, 4.69) is 69.0 Å². The Bertz CT molecular complexity index is 1580. The van der Waals surface area contributed by atoms with Crippen LogP contribution in [0.3, 0.4) is 0 Å². The summed E-state index contributed by atoms with van der Waals surface area (Å²) < 4.78 is 42.5. The summed E-state index contributed by atoms with van der Waals surface area (Å²) in [5, 5.41) is 7.98. The first-order valence-corrected chi connectivity index (χ1v) is 14.3. The van der Waals surface area contributed by atoms with Crippen LogP contribution in [0.2, 0.25) is 0 Å². The fraction of sp³-hybridized carbons (Fsp3) is 0.267. The van der Waals surface area contributed by atoms with E-state index in [1.807, 2.05) is 24.3 Å². The largest absolute Gasteiger partial charge is 0.573 e. The van der Waals surface area contributed by atoms with Crippen molar-refractivity contribution in [2.45, 2.75) is 39.6 Å². The highest BCUT2D eigenvalue weighted by Crippen LogP contribution is 2.33. The van der Waals surface area contributed by atoms with Crippen molar-refractivity contribution in [3.05, 3.63) is 89.7 Å². The fourth-order valence-electron chi connectivity index (χ4n) is 4.49. The number of rotatable bonds is 7. The van der Waals surface area contributed by atoms with Gasteiger partial charge in [0.2, 0.25) is 0 Å². The van der Waals surface area contributed by atoms with Crippen molar-refractivity contribution in [2.75, 3.05) is 17.2 Å². The highest BCUT2D eigenvalue weighted by molar-refractivity contribution is 8.14. The number of aryl methyl sites for hydroxylation is 1. The Balaban J connectivity index is 1.20. The molecule has 1 aliphatic rings. The molecule has 4 aromatic rings. The molecule has 3 aromatic carbocycles. The average molecular weight is 595 g/mol. The van der Waals surface area contributed by atoms with E-state index in [1.165, 1.54) is 40.8 Å². The van der Waals surface area contributed by atoms with E-state index in [4.69, 9.17) is 0 Å². The highest BCUT2D eigenvalue weighted by atomic mass is 32.2. The molecule has 0 bridgehead atoms. The van der Waals surface area contributed by atoms with Crippen molar-refractivity contribution in [1.82, 2.24) is 20.1 Å². The van der Waals surface area contributed by atoms with Gasteiger partial charge < -0.3 is 15.0 Å². The molecule has 1 saturated heterocycles. The quantitative estimate of drug-likeness (QED) is 0.246. The number of benzene rings is 3. The first-order valence-electron chi connectivity index (χ1n) is 13.3. The van der Waals surface area contributed by atoms with Gasteiger partial charge in [-0.2, -0.15) is 4.99 Å². The minimum absolute atomic E-state index is 0.302. The van der Waals surface area contributed by atoms with Crippen LogP contribution in [0.1, 0.15) is 36.5 Å². The summed E-state index contributed by atoms with van der Waals surface area (Å²) in [7, 11) is 0. The topological polar surface area (TPSA) is 84.6 Å². The molecular formula is C30H29F3N6O2S. The molecule has 2 heterocycles. The van der Waals surface area contributed by atoms with Gasteiger partial charge in [-0.3, -0.25) is 0 Å². The summed E-state index contributed by atoms with van der Waals surface area (Å²) in [5.41, 5.74) is 5.65. The minimum Gasteiger partial charge on any atom is -0.406 e. The summed E-state index contributed by atoms with van der Waals surface area (Å²) in [4.78, 5) is 23.5. The summed E-state index contributed by atoms with van der Waals surface area (Å²) in [6, 6.07) is 18.8. The third-order valence-electron chi connectivity index (χ3n) is 6.56. The maximum absolute atomic E-state index is 12.7. The molecule has 0 radical (unpaired) electrons. The van der Waals surface area contributed by atoms with Crippen LogP contribution in [-0.4, -0.2) is 44.6 Å². The molecule has 0 spiro atoms. The number of ether oxygens (including phenoxy) is 1. The summed E-state index contributed by atoms with van der Waals surface area (Å²) in [6.07, 6.45) is -3.27. The number of nitrogens with zero attached hydrogens (tertiary/aromatic N) is 5. The van der Waals surface area contributed by atoms with Crippen molar-refractivity contribution >= 4 is 28.6 Å². The number of carbonyl (C=O) groups excluding carboxylic acids is 1. The van der Waals surface area contributed by atoms with Crippen LogP contribution in [0.5, 0.6) is 5.75 Å². The Hall–Kier alpha value is -4.32. The monoisotopic (exact) mass is 594 g/mol. The van der Waals surface area contributed by atoms with Crippen LogP contribution in [0.25, 0.3) is 17.1 Å². The number of amidine groups is 1. The van der Waals surface area contributed by atoms with Gasteiger partial charge in [-0.15, -0.1) is 18.3 Å². The molecule has 1 N–H and O–H groups in total. The van der Waals surface area contributed by atoms with E-state index in [0.717, 1.165) is 34.7 Å². The Morgan fingerprint density at radius 2 is 1.83 bits per heavy atom. The molecule has 5 rings (SSSR count). The van der Waals surface area contributed by atoms with Crippen molar-refractivity contribution in [1.29, 1.82) is 0 Å². The van der Waals surface area contributed by atoms with Gasteiger partial charge in [-0.05, 0) is 59.9 Å². The number of nitrogens with one attached hydrogen (secondary N) is 1. The molecule has 2 amide bonds. The Labute approximate surface area is 245 Å². The predicted octanol–water partition coefficient (Wildman–Crippen LogP) is 7.08. The Morgan fingerprint density at radius 3 is 2.52 bits per heavy atom. The smallest absolute Gasteiger partial charge is 0.406 e.